The van der Waals surface area contributed by atoms with Gasteiger partial charge in [-0.3, -0.25) is 9.58 Å². The molecule has 2 atom stereocenters. The molecule has 7 nitrogen and oxygen atoms in total. The van der Waals surface area contributed by atoms with E-state index in [-0.39, 0.29) is 6.04 Å². The van der Waals surface area contributed by atoms with Crippen LogP contribution in [0.25, 0.3) is 10.8 Å². The number of aromatic nitrogens is 5. The Morgan fingerprint density at radius 3 is 3.17 bits per heavy atom. The first-order valence-corrected chi connectivity index (χ1v) is 8.64. The molecule has 3 aromatic rings. The van der Waals surface area contributed by atoms with Crippen molar-refractivity contribution in [1.29, 1.82) is 0 Å². The second-order valence-electron chi connectivity index (χ2n) is 5.75. The molecule has 0 saturated carbocycles. The highest BCUT2D eigenvalue weighted by Gasteiger charge is 2.32. The zero-order valence-corrected chi connectivity index (χ0v) is 13.7. The zero-order valence-electron chi connectivity index (χ0n) is 12.9. The Kier molecular flexibility index (Phi) is 3.92. The topological polar surface area (TPSA) is 72.9 Å². The van der Waals surface area contributed by atoms with Gasteiger partial charge < -0.3 is 4.42 Å². The van der Waals surface area contributed by atoms with Crippen LogP contribution in [0.4, 0.5) is 0 Å². The average Bonchev–Trinajstić information content (AvgIpc) is 3.33. The molecule has 120 valence electrons. The van der Waals surface area contributed by atoms with E-state index in [0.29, 0.717) is 17.8 Å². The van der Waals surface area contributed by atoms with Crippen molar-refractivity contribution in [2.24, 2.45) is 0 Å². The lowest BCUT2D eigenvalue weighted by molar-refractivity contribution is 0.152. The third kappa shape index (κ3) is 2.91. The number of thiophene rings is 1. The molecule has 2 unspecified atom stereocenters. The fourth-order valence-corrected chi connectivity index (χ4v) is 3.80. The predicted octanol–water partition coefficient (Wildman–Crippen LogP) is 2.62. The molecule has 0 radical (unpaired) electrons. The van der Waals surface area contributed by atoms with Crippen LogP contribution >= 0.6 is 11.3 Å². The van der Waals surface area contributed by atoms with Gasteiger partial charge in [0, 0.05) is 6.04 Å². The van der Waals surface area contributed by atoms with E-state index >= 15 is 0 Å². The molecule has 0 spiro atoms. The van der Waals surface area contributed by atoms with Crippen LogP contribution in [0, 0.1) is 0 Å². The number of hydrogen-bond acceptors (Lipinski definition) is 7. The quantitative estimate of drug-likeness (QED) is 0.716. The molecule has 1 saturated heterocycles. The van der Waals surface area contributed by atoms with Crippen LogP contribution in [0.3, 0.4) is 0 Å². The summed E-state index contributed by atoms with van der Waals surface area (Å²) in [6.45, 7) is 4.01. The lowest BCUT2D eigenvalue weighted by Crippen LogP contribution is -2.35. The first-order valence-electron chi connectivity index (χ1n) is 7.76. The van der Waals surface area contributed by atoms with E-state index in [1.807, 2.05) is 22.2 Å². The molecule has 23 heavy (non-hydrogen) atoms. The molecule has 1 fully saturated rings. The van der Waals surface area contributed by atoms with Gasteiger partial charge in [0.25, 0.3) is 5.89 Å². The van der Waals surface area contributed by atoms with Crippen LogP contribution in [0.5, 0.6) is 0 Å². The molecule has 0 aliphatic carbocycles. The summed E-state index contributed by atoms with van der Waals surface area (Å²) in [5, 5.41) is 14.7. The predicted molar refractivity (Wildman–Crippen MR) is 85.8 cm³/mol. The standard InChI is InChI=1S/C15H18N6OS/c1-11(14-18-19-15(22-14)13-5-3-7-23-13)21-6-2-4-12(21)8-20-10-16-9-17-20/h3,5,7,9-12H,2,4,6,8H2,1H3. The first kappa shape index (κ1) is 14.5. The lowest BCUT2D eigenvalue weighted by atomic mass is 10.2. The first-order chi connectivity index (χ1) is 11.3. The van der Waals surface area contributed by atoms with Crippen molar-refractivity contribution < 1.29 is 4.42 Å². The summed E-state index contributed by atoms with van der Waals surface area (Å²) in [6, 6.07) is 4.51. The van der Waals surface area contributed by atoms with Crippen molar-refractivity contribution in [2.75, 3.05) is 6.54 Å². The van der Waals surface area contributed by atoms with E-state index in [4.69, 9.17) is 4.42 Å². The summed E-state index contributed by atoms with van der Waals surface area (Å²) in [7, 11) is 0. The van der Waals surface area contributed by atoms with Gasteiger partial charge in [-0.1, -0.05) is 6.07 Å². The number of nitrogens with zero attached hydrogens (tertiary/aromatic N) is 6. The Morgan fingerprint density at radius 2 is 2.39 bits per heavy atom. The third-order valence-electron chi connectivity index (χ3n) is 4.31. The van der Waals surface area contributed by atoms with Crippen LogP contribution in [0.1, 0.15) is 31.7 Å². The molecule has 1 aliphatic heterocycles. The fourth-order valence-electron chi connectivity index (χ4n) is 3.15. The number of hydrogen-bond donors (Lipinski definition) is 0. The minimum absolute atomic E-state index is 0.104. The Morgan fingerprint density at radius 1 is 1.43 bits per heavy atom. The molecule has 4 rings (SSSR count). The monoisotopic (exact) mass is 330 g/mol. The maximum absolute atomic E-state index is 5.90. The van der Waals surface area contributed by atoms with Gasteiger partial charge in [0.05, 0.1) is 17.5 Å². The molecule has 8 heteroatoms. The molecule has 0 amide bonds. The molecule has 0 aromatic carbocycles. The highest BCUT2D eigenvalue weighted by Crippen LogP contribution is 2.31. The summed E-state index contributed by atoms with van der Waals surface area (Å²) in [5.41, 5.74) is 0. The third-order valence-corrected chi connectivity index (χ3v) is 5.17. The highest BCUT2D eigenvalue weighted by atomic mass is 32.1. The maximum atomic E-state index is 5.90. The Balaban J connectivity index is 1.50. The smallest absolute Gasteiger partial charge is 0.257 e. The molecule has 0 bridgehead atoms. The van der Waals surface area contributed by atoms with Crippen LogP contribution in [-0.2, 0) is 6.54 Å². The van der Waals surface area contributed by atoms with Crippen LogP contribution in [0.15, 0.2) is 34.6 Å². The molecule has 0 N–H and O–H groups in total. The van der Waals surface area contributed by atoms with Crippen molar-refractivity contribution in [2.45, 2.75) is 38.4 Å². The van der Waals surface area contributed by atoms with Crippen molar-refractivity contribution >= 4 is 11.3 Å². The zero-order chi connectivity index (χ0) is 15.6. The van der Waals surface area contributed by atoms with Gasteiger partial charge in [-0.05, 0) is 37.8 Å². The summed E-state index contributed by atoms with van der Waals surface area (Å²) < 4.78 is 7.79. The van der Waals surface area contributed by atoms with E-state index in [0.717, 1.165) is 24.4 Å². The van der Waals surface area contributed by atoms with E-state index in [2.05, 4.69) is 32.1 Å². The fraction of sp³-hybridized carbons (Fsp3) is 0.467. The number of likely N-dealkylation sites (tertiary alicyclic amines) is 1. The largest absolute Gasteiger partial charge is 0.418 e. The second-order valence-corrected chi connectivity index (χ2v) is 6.70. The van der Waals surface area contributed by atoms with Gasteiger partial charge in [0.15, 0.2) is 0 Å². The molecule has 3 aromatic heterocycles. The van der Waals surface area contributed by atoms with E-state index in [1.54, 1.807) is 24.0 Å². The minimum atomic E-state index is 0.104. The summed E-state index contributed by atoms with van der Waals surface area (Å²) >= 11 is 1.61. The normalized spacial score (nSPS) is 20.1. The summed E-state index contributed by atoms with van der Waals surface area (Å²) in [5.74, 6) is 1.28. The lowest BCUT2D eigenvalue weighted by Gasteiger charge is -2.28. The van der Waals surface area contributed by atoms with E-state index in [1.165, 1.54) is 6.42 Å². The van der Waals surface area contributed by atoms with E-state index in [9.17, 15) is 0 Å². The van der Waals surface area contributed by atoms with Crippen LogP contribution in [0.2, 0.25) is 0 Å². The van der Waals surface area contributed by atoms with Crippen molar-refractivity contribution in [1.82, 2.24) is 29.9 Å². The maximum Gasteiger partial charge on any atom is 0.257 e. The molecule has 4 heterocycles. The Bertz CT molecular complexity index is 738. The summed E-state index contributed by atoms with van der Waals surface area (Å²) in [4.78, 5) is 7.45. The van der Waals surface area contributed by atoms with Gasteiger partial charge in [-0.25, -0.2) is 4.98 Å². The summed E-state index contributed by atoms with van der Waals surface area (Å²) in [6.07, 6.45) is 5.67. The molecular formula is C15H18N6OS. The van der Waals surface area contributed by atoms with Crippen molar-refractivity contribution in [3.05, 3.63) is 36.1 Å². The van der Waals surface area contributed by atoms with Gasteiger partial charge in [0.1, 0.15) is 12.7 Å². The van der Waals surface area contributed by atoms with Crippen molar-refractivity contribution in [3.63, 3.8) is 0 Å². The van der Waals surface area contributed by atoms with Gasteiger partial charge in [-0.2, -0.15) is 5.10 Å². The van der Waals surface area contributed by atoms with Crippen LogP contribution < -0.4 is 0 Å². The molecule has 1 aliphatic rings. The van der Waals surface area contributed by atoms with Gasteiger partial charge in [0.2, 0.25) is 5.89 Å². The van der Waals surface area contributed by atoms with Crippen molar-refractivity contribution in [3.8, 4) is 10.8 Å². The number of rotatable bonds is 5. The van der Waals surface area contributed by atoms with E-state index < -0.39 is 0 Å². The average molecular weight is 330 g/mol. The minimum Gasteiger partial charge on any atom is -0.418 e. The van der Waals surface area contributed by atoms with Gasteiger partial charge >= 0.3 is 0 Å². The Hall–Kier alpha value is -2.06. The van der Waals surface area contributed by atoms with Crippen LogP contribution in [-0.4, -0.2) is 42.4 Å². The van der Waals surface area contributed by atoms with Gasteiger partial charge in [-0.15, -0.1) is 21.5 Å². The SMILES string of the molecule is CC(c1nnc(-c2cccs2)o1)N1CCCC1Cn1cncn1. The second kappa shape index (κ2) is 6.21. The molecular weight excluding hydrogens is 312 g/mol. The Labute approximate surface area is 138 Å². The highest BCUT2D eigenvalue weighted by molar-refractivity contribution is 7.13.